The smallest absolute Gasteiger partial charge is 0.276 e. The number of rotatable bonds is 2. The number of aromatic nitrogens is 3. The van der Waals surface area contributed by atoms with Crippen molar-refractivity contribution in [3.05, 3.63) is 42.2 Å². The van der Waals surface area contributed by atoms with Crippen molar-refractivity contribution in [2.75, 3.05) is 19.6 Å². The SMILES string of the molecule is CC1CN(C(=O)c2cnn(-c3ccccc3)n2)CCN1. The molecule has 0 bridgehead atoms. The van der Waals surface area contributed by atoms with Crippen molar-refractivity contribution in [1.82, 2.24) is 25.2 Å². The van der Waals surface area contributed by atoms with E-state index in [1.54, 1.807) is 0 Å². The summed E-state index contributed by atoms with van der Waals surface area (Å²) in [6, 6.07) is 9.89. The molecule has 3 rings (SSSR count). The van der Waals surface area contributed by atoms with Crippen LogP contribution in [0.25, 0.3) is 5.69 Å². The molecule has 20 heavy (non-hydrogen) atoms. The van der Waals surface area contributed by atoms with Crippen molar-refractivity contribution in [3.63, 3.8) is 0 Å². The Morgan fingerprint density at radius 1 is 1.35 bits per heavy atom. The summed E-state index contributed by atoms with van der Waals surface area (Å²) >= 11 is 0. The van der Waals surface area contributed by atoms with Gasteiger partial charge in [-0.05, 0) is 19.1 Å². The summed E-state index contributed by atoms with van der Waals surface area (Å²) in [5, 5.41) is 11.8. The molecule has 0 radical (unpaired) electrons. The van der Waals surface area contributed by atoms with Crippen molar-refractivity contribution in [3.8, 4) is 5.69 Å². The molecule has 1 atom stereocenters. The third-order valence-corrected chi connectivity index (χ3v) is 3.35. The number of benzene rings is 1. The molecule has 1 unspecified atom stereocenters. The highest BCUT2D eigenvalue weighted by Crippen LogP contribution is 2.08. The minimum Gasteiger partial charge on any atom is -0.334 e. The molecule has 1 amide bonds. The molecule has 0 saturated carbocycles. The highest BCUT2D eigenvalue weighted by Gasteiger charge is 2.23. The van der Waals surface area contributed by atoms with E-state index in [1.165, 1.54) is 11.0 Å². The van der Waals surface area contributed by atoms with Crippen molar-refractivity contribution >= 4 is 5.91 Å². The van der Waals surface area contributed by atoms with E-state index in [-0.39, 0.29) is 5.91 Å². The van der Waals surface area contributed by atoms with Crippen molar-refractivity contribution < 1.29 is 4.79 Å². The lowest BCUT2D eigenvalue weighted by molar-refractivity contribution is 0.0702. The van der Waals surface area contributed by atoms with Gasteiger partial charge in [0.25, 0.3) is 5.91 Å². The molecule has 1 aromatic heterocycles. The molecule has 104 valence electrons. The molecule has 6 nitrogen and oxygen atoms in total. The zero-order chi connectivity index (χ0) is 13.9. The van der Waals surface area contributed by atoms with Crippen molar-refractivity contribution in [1.29, 1.82) is 0 Å². The summed E-state index contributed by atoms with van der Waals surface area (Å²) in [6.07, 6.45) is 1.53. The van der Waals surface area contributed by atoms with Crippen LogP contribution in [-0.2, 0) is 0 Å². The van der Waals surface area contributed by atoms with E-state index in [0.29, 0.717) is 24.8 Å². The number of carbonyl (C=O) groups excluding carboxylic acids is 1. The number of nitrogens with zero attached hydrogens (tertiary/aromatic N) is 4. The Morgan fingerprint density at radius 3 is 2.90 bits per heavy atom. The summed E-state index contributed by atoms with van der Waals surface area (Å²) in [5.41, 5.74) is 1.24. The van der Waals surface area contributed by atoms with E-state index in [9.17, 15) is 4.79 Å². The van der Waals surface area contributed by atoms with Gasteiger partial charge in [-0.1, -0.05) is 18.2 Å². The Hall–Kier alpha value is -2.21. The fourth-order valence-corrected chi connectivity index (χ4v) is 2.33. The summed E-state index contributed by atoms with van der Waals surface area (Å²) in [4.78, 5) is 15.7. The van der Waals surface area contributed by atoms with E-state index < -0.39 is 0 Å². The molecular formula is C14H17N5O. The number of para-hydroxylation sites is 1. The van der Waals surface area contributed by atoms with Crippen LogP contribution in [-0.4, -0.2) is 51.5 Å². The van der Waals surface area contributed by atoms with E-state index in [4.69, 9.17) is 0 Å². The second-order valence-electron chi connectivity index (χ2n) is 4.96. The Bertz CT molecular complexity index is 595. The molecule has 0 aliphatic carbocycles. The molecule has 1 fully saturated rings. The zero-order valence-corrected chi connectivity index (χ0v) is 11.4. The maximum atomic E-state index is 12.4. The summed E-state index contributed by atoms with van der Waals surface area (Å²) in [6.45, 7) is 4.30. The number of hydrogen-bond acceptors (Lipinski definition) is 4. The lowest BCUT2D eigenvalue weighted by Gasteiger charge is -2.31. The van der Waals surface area contributed by atoms with Gasteiger partial charge in [0.2, 0.25) is 0 Å². The fourth-order valence-electron chi connectivity index (χ4n) is 2.33. The van der Waals surface area contributed by atoms with Gasteiger partial charge in [0.15, 0.2) is 5.69 Å². The van der Waals surface area contributed by atoms with Crippen LogP contribution in [0.1, 0.15) is 17.4 Å². The number of hydrogen-bond donors (Lipinski definition) is 1. The normalized spacial score (nSPS) is 19.1. The molecule has 2 aromatic rings. The van der Waals surface area contributed by atoms with E-state index >= 15 is 0 Å². The second-order valence-corrected chi connectivity index (χ2v) is 4.96. The first-order chi connectivity index (χ1) is 9.74. The predicted octanol–water partition coefficient (Wildman–Crippen LogP) is 0.701. The monoisotopic (exact) mass is 271 g/mol. The van der Waals surface area contributed by atoms with Crippen LogP contribution in [0.4, 0.5) is 0 Å². The fraction of sp³-hybridized carbons (Fsp3) is 0.357. The maximum Gasteiger partial charge on any atom is 0.276 e. The van der Waals surface area contributed by atoms with Crippen LogP contribution < -0.4 is 5.32 Å². The lowest BCUT2D eigenvalue weighted by atomic mass is 10.2. The van der Waals surface area contributed by atoms with Crippen LogP contribution >= 0.6 is 0 Å². The van der Waals surface area contributed by atoms with Gasteiger partial charge in [-0.3, -0.25) is 4.79 Å². The highest BCUT2D eigenvalue weighted by molar-refractivity contribution is 5.92. The molecule has 6 heteroatoms. The van der Waals surface area contributed by atoms with Gasteiger partial charge in [0, 0.05) is 25.7 Å². The van der Waals surface area contributed by atoms with Gasteiger partial charge in [-0.15, -0.1) is 5.10 Å². The van der Waals surface area contributed by atoms with Gasteiger partial charge >= 0.3 is 0 Å². The molecular weight excluding hydrogens is 254 g/mol. The van der Waals surface area contributed by atoms with Crippen LogP contribution in [0.2, 0.25) is 0 Å². The third-order valence-electron chi connectivity index (χ3n) is 3.35. The van der Waals surface area contributed by atoms with Gasteiger partial charge in [0.1, 0.15) is 0 Å². The number of amides is 1. The molecule has 1 aliphatic heterocycles. The second kappa shape index (κ2) is 5.42. The quantitative estimate of drug-likeness (QED) is 0.873. The Morgan fingerprint density at radius 2 is 2.15 bits per heavy atom. The van der Waals surface area contributed by atoms with Crippen LogP contribution in [0.3, 0.4) is 0 Å². The Balaban J connectivity index is 1.78. The topological polar surface area (TPSA) is 63.1 Å². The van der Waals surface area contributed by atoms with E-state index in [1.807, 2.05) is 35.2 Å². The highest BCUT2D eigenvalue weighted by atomic mass is 16.2. The lowest BCUT2D eigenvalue weighted by Crippen LogP contribution is -2.51. The largest absolute Gasteiger partial charge is 0.334 e. The molecule has 1 N–H and O–H groups in total. The van der Waals surface area contributed by atoms with E-state index in [0.717, 1.165) is 12.2 Å². The maximum absolute atomic E-state index is 12.4. The van der Waals surface area contributed by atoms with Crippen molar-refractivity contribution in [2.45, 2.75) is 13.0 Å². The summed E-state index contributed by atoms with van der Waals surface area (Å²) in [5.74, 6) is -0.0551. The zero-order valence-electron chi connectivity index (χ0n) is 11.4. The van der Waals surface area contributed by atoms with Gasteiger partial charge < -0.3 is 10.2 Å². The summed E-state index contributed by atoms with van der Waals surface area (Å²) < 4.78 is 0. The Labute approximate surface area is 117 Å². The number of piperazine rings is 1. The average molecular weight is 271 g/mol. The minimum atomic E-state index is -0.0551. The molecule has 1 aromatic carbocycles. The van der Waals surface area contributed by atoms with Crippen LogP contribution in [0, 0.1) is 0 Å². The minimum absolute atomic E-state index is 0.0551. The first-order valence-electron chi connectivity index (χ1n) is 6.74. The van der Waals surface area contributed by atoms with Crippen LogP contribution in [0.15, 0.2) is 36.5 Å². The standard InChI is InChI=1S/C14H17N5O/c1-11-10-18(8-7-15-11)14(20)13-9-16-19(17-13)12-5-3-2-4-6-12/h2-6,9,11,15H,7-8,10H2,1H3. The van der Waals surface area contributed by atoms with Crippen molar-refractivity contribution in [2.24, 2.45) is 0 Å². The first kappa shape index (κ1) is 12.8. The summed E-state index contributed by atoms with van der Waals surface area (Å²) in [7, 11) is 0. The van der Waals surface area contributed by atoms with Gasteiger partial charge in [-0.2, -0.15) is 9.90 Å². The predicted molar refractivity (Wildman–Crippen MR) is 74.7 cm³/mol. The molecule has 1 aliphatic rings. The molecule has 1 saturated heterocycles. The van der Waals surface area contributed by atoms with Gasteiger partial charge in [-0.25, -0.2) is 0 Å². The third kappa shape index (κ3) is 2.55. The number of nitrogens with one attached hydrogen (secondary N) is 1. The molecule has 2 heterocycles. The van der Waals surface area contributed by atoms with Gasteiger partial charge in [0.05, 0.1) is 11.9 Å². The van der Waals surface area contributed by atoms with E-state index in [2.05, 4.69) is 22.4 Å². The molecule has 0 spiro atoms. The Kier molecular flexibility index (Phi) is 3.47. The first-order valence-corrected chi connectivity index (χ1v) is 6.74. The number of carbonyl (C=O) groups is 1. The average Bonchev–Trinajstić information content (AvgIpc) is 2.97. The van der Waals surface area contributed by atoms with Crippen LogP contribution in [0.5, 0.6) is 0 Å².